The van der Waals surface area contributed by atoms with Gasteiger partial charge in [-0.25, -0.2) is 0 Å². The van der Waals surface area contributed by atoms with Crippen molar-refractivity contribution < 1.29 is 0 Å². The number of hydrogen-bond donors (Lipinski definition) is 1. The Balaban J connectivity index is 0.000000360. The summed E-state index contributed by atoms with van der Waals surface area (Å²) in [5.74, 6) is 0.796. The maximum Gasteiger partial charge on any atom is 0.0190 e. The molecule has 0 unspecified atom stereocenters. The largest absolute Gasteiger partial charge is 0.330 e. The zero-order chi connectivity index (χ0) is 4.57. The van der Waals surface area contributed by atoms with Gasteiger partial charge in [-0.1, -0.05) is 15.9 Å². The predicted molar refractivity (Wildman–Crippen MR) is 37.1 cm³/mol. The first kappa shape index (κ1) is 7.73. The van der Waals surface area contributed by atoms with E-state index in [1.807, 2.05) is 0 Å². The Hall–Kier alpha value is 0.730. The van der Waals surface area contributed by atoms with Crippen molar-refractivity contribution in [3.8, 4) is 0 Å². The van der Waals surface area contributed by atoms with Crippen molar-refractivity contribution in [1.29, 1.82) is 0 Å². The fourth-order valence-electron chi connectivity index (χ4n) is 0.455. The van der Waals surface area contributed by atoms with Gasteiger partial charge >= 0.3 is 0 Å². The van der Waals surface area contributed by atoms with Gasteiger partial charge in [0.05, 0.1) is 0 Å². The summed E-state index contributed by atoms with van der Waals surface area (Å²) in [7, 11) is 0. The van der Waals surface area contributed by atoms with Crippen LogP contribution in [-0.4, -0.2) is 11.4 Å². The van der Waals surface area contributed by atoms with Crippen LogP contribution in [0.25, 0.3) is 0 Å². The Morgan fingerprint density at radius 1 is 1.71 bits per heavy atom. The van der Waals surface area contributed by atoms with Gasteiger partial charge in [0.15, 0.2) is 0 Å². The zero-order valence-corrected chi connectivity index (χ0v) is 6.33. The monoisotopic (exact) mass is 185 g/mol. The number of halogens is 2. The van der Waals surface area contributed by atoms with E-state index in [4.69, 9.17) is 5.73 Å². The lowest BCUT2D eigenvalue weighted by molar-refractivity contribution is 0.853. The minimum Gasteiger partial charge on any atom is -0.330 e. The second-order valence-electron chi connectivity index (χ2n) is 1.75. The first-order chi connectivity index (χ1) is 2.84. The van der Waals surface area contributed by atoms with Gasteiger partial charge in [0, 0.05) is 4.83 Å². The summed E-state index contributed by atoms with van der Waals surface area (Å²) < 4.78 is 0. The van der Waals surface area contributed by atoms with Crippen molar-refractivity contribution >= 4 is 28.3 Å². The Morgan fingerprint density at radius 2 is 2.14 bits per heavy atom. The molecule has 2 atom stereocenters. The van der Waals surface area contributed by atoms with E-state index >= 15 is 0 Å². The topological polar surface area (TPSA) is 26.0 Å². The molecular weight excluding hydrogens is 177 g/mol. The normalized spacial score (nSPS) is 36.9. The lowest BCUT2D eigenvalue weighted by Crippen LogP contribution is -2.01. The molecule has 0 aromatic heterocycles. The predicted octanol–water partition coefficient (Wildman–Crippen LogP) is 1.15. The molecule has 1 saturated carbocycles. The van der Waals surface area contributed by atoms with Crippen LogP contribution in [0.3, 0.4) is 0 Å². The van der Waals surface area contributed by atoms with Crippen LogP contribution in [0, 0.1) is 5.92 Å². The van der Waals surface area contributed by atoms with E-state index in [0.717, 1.165) is 17.3 Å². The average Bonchev–Trinajstić information content (AvgIpc) is 2.19. The van der Waals surface area contributed by atoms with Crippen molar-refractivity contribution in [2.24, 2.45) is 11.7 Å². The summed E-state index contributed by atoms with van der Waals surface area (Å²) >= 11 is 3.43. The average molecular weight is 186 g/mol. The Kier molecular flexibility index (Phi) is 3.20. The van der Waals surface area contributed by atoms with Crippen molar-refractivity contribution in [1.82, 2.24) is 0 Å². The second-order valence-corrected chi connectivity index (χ2v) is 2.92. The van der Waals surface area contributed by atoms with E-state index in [9.17, 15) is 0 Å². The molecule has 44 valence electrons. The highest BCUT2D eigenvalue weighted by Crippen LogP contribution is 2.36. The van der Waals surface area contributed by atoms with E-state index < -0.39 is 0 Å². The van der Waals surface area contributed by atoms with E-state index in [2.05, 4.69) is 15.9 Å². The summed E-state index contributed by atoms with van der Waals surface area (Å²) in [5, 5.41) is 0. The first-order valence-electron chi connectivity index (χ1n) is 2.18. The molecule has 0 saturated heterocycles. The molecular formula is C4H9BrClN. The van der Waals surface area contributed by atoms with Crippen LogP contribution in [0.2, 0.25) is 0 Å². The van der Waals surface area contributed by atoms with E-state index in [1.54, 1.807) is 0 Å². The molecule has 0 radical (unpaired) electrons. The summed E-state index contributed by atoms with van der Waals surface area (Å²) in [4.78, 5) is 0.752. The molecule has 0 aromatic rings. The standard InChI is InChI=1S/C4H8BrN.ClH/c5-4-1-3(4)2-6;/h3-4H,1-2,6H2;1H/t3-,4+;/m0./s1. The number of alkyl halides is 1. The Morgan fingerprint density at radius 3 is 2.14 bits per heavy atom. The minimum atomic E-state index is 0. The van der Waals surface area contributed by atoms with Crippen molar-refractivity contribution in [3.05, 3.63) is 0 Å². The summed E-state index contributed by atoms with van der Waals surface area (Å²) in [5.41, 5.74) is 5.29. The van der Waals surface area contributed by atoms with Gasteiger partial charge in [-0.2, -0.15) is 0 Å². The van der Waals surface area contributed by atoms with Crippen molar-refractivity contribution in [2.45, 2.75) is 11.2 Å². The second kappa shape index (κ2) is 2.90. The third kappa shape index (κ3) is 1.98. The molecule has 0 heterocycles. The van der Waals surface area contributed by atoms with Crippen LogP contribution in [0.1, 0.15) is 6.42 Å². The van der Waals surface area contributed by atoms with Crippen LogP contribution >= 0.6 is 28.3 Å². The molecule has 0 aromatic carbocycles. The van der Waals surface area contributed by atoms with Gasteiger partial charge in [-0.05, 0) is 18.9 Å². The molecule has 0 amide bonds. The Bertz CT molecular complexity index is 57.7. The summed E-state index contributed by atoms with van der Waals surface area (Å²) in [6.45, 7) is 0.857. The van der Waals surface area contributed by atoms with Gasteiger partial charge in [-0.3, -0.25) is 0 Å². The fraction of sp³-hybridized carbons (Fsp3) is 1.00. The quantitative estimate of drug-likeness (QED) is 0.611. The molecule has 1 nitrogen and oxygen atoms in total. The number of hydrogen-bond acceptors (Lipinski definition) is 1. The highest BCUT2D eigenvalue weighted by molar-refractivity contribution is 9.09. The molecule has 1 rings (SSSR count). The molecule has 1 aliphatic rings. The van der Waals surface area contributed by atoms with E-state index in [1.165, 1.54) is 6.42 Å². The molecule has 0 spiro atoms. The lowest BCUT2D eigenvalue weighted by atomic mass is 10.4. The molecule has 2 N–H and O–H groups in total. The van der Waals surface area contributed by atoms with Gasteiger partial charge in [0.2, 0.25) is 0 Å². The minimum absolute atomic E-state index is 0. The van der Waals surface area contributed by atoms with Gasteiger partial charge in [0.25, 0.3) is 0 Å². The number of rotatable bonds is 1. The van der Waals surface area contributed by atoms with Gasteiger partial charge < -0.3 is 5.73 Å². The highest BCUT2D eigenvalue weighted by atomic mass is 79.9. The van der Waals surface area contributed by atoms with Crippen LogP contribution in [-0.2, 0) is 0 Å². The molecule has 1 fully saturated rings. The summed E-state index contributed by atoms with van der Waals surface area (Å²) in [6, 6.07) is 0. The van der Waals surface area contributed by atoms with Crippen molar-refractivity contribution in [3.63, 3.8) is 0 Å². The van der Waals surface area contributed by atoms with Crippen LogP contribution in [0.4, 0.5) is 0 Å². The van der Waals surface area contributed by atoms with E-state index in [0.29, 0.717) is 0 Å². The number of nitrogens with two attached hydrogens (primary N) is 1. The maximum atomic E-state index is 5.29. The maximum absolute atomic E-state index is 5.29. The molecule has 1 aliphatic carbocycles. The smallest absolute Gasteiger partial charge is 0.0190 e. The van der Waals surface area contributed by atoms with Gasteiger partial charge in [-0.15, -0.1) is 12.4 Å². The SMILES string of the molecule is Cl.NC[C@@H]1C[C@H]1Br. The van der Waals surface area contributed by atoms with Crippen LogP contribution < -0.4 is 5.73 Å². The third-order valence-corrected chi connectivity index (χ3v) is 2.26. The first-order valence-corrected chi connectivity index (χ1v) is 3.10. The molecule has 0 aliphatic heterocycles. The molecule has 0 bridgehead atoms. The van der Waals surface area contributed by atoms with Crippen LogP contribution in [0.5, 0.6) is 0 Å². The highest BCUT2D eigenvalue weighted by Gasteiger charge is 2.32. The van der Waals surface area contributed by atoms with Crippen LogP contribution in [0.15, 0.2) is 0 Å². The third-order valence-electron chi connectivity index (χ3n) is 1.14. The van der Waals surface area contributed by atoms with Gasteiger partial charge in [0.1, 0.15) is 0 Å². The molecule has 7 heavy (non-hydrogen) atoms. The fourth-order valence-corrected chi connectivity index (χ4v) is 1.15. The zero-order valence-electron chi connectivity index (χ0n) is 3.93. The van der Waals surface area contributed by atoms with E-state index in [-0.39, 0.29) is 12.4 Å². The summed E-state index contributed by atoms with van der Waals surface area (Å²) in [6.07, 6.45) is 1.29. The Labute approximate surface area is 58.2 Å². The lowest BCUT2D eigenvalue weighted by Gasteiger charge is -1.78. The molecule has 3 heteroatoms. The van der Waals surface area contributed by atoms with Crippen molar-refractivity contribution in [2.75, 3.05) is 6.54 Å².